The van der Waals surface area contributed by atoms with E-state index in [-0.39, 0.29) is 4.75 Å². The number of hydrogen-bond donors (Lipinski definition) is 1. The van der Waals surface area contributed by atoms with Gasteiger partial charge in [0.1, 0.15) is 0 Å². The first-order valence-corrected chi connectivity index (χ1v) is 10.9. The molecule has 27 heavy (non-hydrogen) atoms. The third kappa shape index (κ3) is 3.97. The van der Waals surface area contributed by atoms with Crippen LogP contribution in [0.2, 0.25) is 0 Å². The van der Waals surface area contributed by atoms with Crippen molar-refractivity contribution in [3.05, 3.63) is 108 Å². The number of rotatable bonds is 7. The van der Waals surface area contributed by atoms with Gasteiger partial charge in [-0.05, 0) is 48.3 Å². The minimum absolute atomic E-state index is 0.178. The van der Waals surface area contributed by atoms with Gasteiger partial charge in [0, 0.05) is 6.04 Å². The van der Waals surface area contributed by atoms with Crippen molar-refractivity contribution in [3.8, 4) is 0 Å². The second kappa shape index (κ2) is 8.77. The Morgan fingerprint density at radius 2 is 1.22 bits per heavy atom. The summed E-state index contributed by atoms with van der Waals surface area (Å²) in [7, 11) is 0. The molecule has 1 nitrogen and oxygen atoms in total. The van der Waals surface area contributed by atoms with Gasteiger partial charge in [-0.25, -0.2) is 0 Å². The molecule has 0 bridgehead atoms. The molecule has 4 rings (SSSR count). The summed E-state index contributed by atoms with van der Waals surface area (Å²) in [6, 6.07) is 33.6. The highest BCUT2D eigenvalue weighted by Crippen LogP contribution is 2.48. The molecule has 1 atom stereocenters. The lowest BCUT2D eigenvalue weighted by atomic mass is 9.84. The van der Waals surface area contributed by atoms with Gasteiger partial charge in [-0.15, -0.1) is 11.8 Å². The molecule has 1 heterocycles. The van der Waals surface area contributed by atoms with Gasteiger partial charge in [-0.1, -0.05) is 91.0 Å². The largest absolute Gasteiger partial charge is 0.314 e. The van der Waals surface area contributed by atoms with Crippen LogP contribution in [0.1, 0.15) is 36.0 Å². The number of hydrogen-bond acceptors (Lipinski definition) is 2. The van der Waals surface area contributed by atoms with Gasteiger partial charge in [-0.3, -0.25) is 0 Å². The van der Waals surface area contributed by atoms with Crippen LogP contribution in [-0.2, 0) is 4.75 Å². The number of nitrogens with one attached hydrogen (secondary N) is 1. The van der Waals surface area contributed by atoms with Crippen molar-refractivity contribution in [2.45, 2.75) is 30.1 Å². The second-order valence-corrected chi connectivity index (χ2v) is 8.52. The minimum Gasteiger partial charge on any atom is -0.314 e. The molecule has 0 aromatic heterocycles. The fourth-order valence-electron chi connectivity index (χ4n) is 4.13. The van der Waals surface area contributed by atoms with E-state index < -0.39 is 0 Å². The highest BCUT2D eigenvalue weighted by Gasteiger charge is 2.36. The number of thioether (sulfide) groups is 1. The zero-order valence-electron chi connectivity index (χ0n) is 15.7. The molecule has 0 spiro atoms. The fourth-order valence-corrected chi connectivity index (χ4v) is 5.74. The molecule has 0 saturated carbocycles. The third-order valence-corrected chi connectivity index (χ3v) is 7.07. The standard InChI is InChI=1S/C25H27NS/c1-4-11-21(12-5-1)25(22-13-6-2-7-14-22,23-15-8-3-9-16-23)27-20-18-24-17-10-19-26-24/h1-9,11-16,24,26H,10,17-20H2. The van der Waals surface area contributed by atoms with Gasteiger partial charge in [0.05, 0.1) is 4.75 Å². The smallest absolute Gasteiger partial charge is 0.0906 e. The normalized spacial score (nSPS) is 17.1. The van der Waals surface area contributed by atoms with Crippen LogP contribution in [0.5, 0.6) is 0 Å². The predicted octanol–water partition coefficient (Wildman–Crippen LogP) is 5.85. The van der Waals surface area contributed by atoms with Crippen LogP contribution in [0.15, 0.2) is 91.0 Å². The maximum absolute atomic E-state index is 3.65. The van der Waals surface area contributed by atoms with Crippen LogP contribution in [0, 0.1) is 0 Å². The number of benzene rings is 3. The van der Waals surface area contributed by atoms with E-state index >= 15 is 0 Å². The second-order valence-electron chi connectivity index (χ2n) is 7.21. The molecule has 1 unspecified atom stereocenters. The first-order chi connectivity index (χ1) is 13.4. The Bertz CT molecular complexity index is 714. The van der Waals surface area contributed by atoms with E-state index in [1.807, 2.05) is 0 Å². The predicted molar refractivity (Wildman–Crippen MR) is 117 cm³/mol. The quantitative estimate of drug-likeness (QED) is 0.521. The molecule has 138 valence electrons. The molecule has 3 aromatic carbocycles. The van der Waals surface area contributed by atoms with Crippen molar-refractivity contribution < 1.29 is 0 Å². The first-order valence-electron chi connectivity index (χ1n) is 9.93. The lowest BCUT2D eigenvalue weighted by Gasteiger charge is -2.36. The van der Waals surface area contributed by atoms with Gasteiger partial charge in [0.25, 0.3) is 0 Å². The van der Waals surface area contributed by atoms with Gasteiger partial charge in [-0.2, -0.15) is 0 Å². The van der Waals surface area contributed by atoms with Crippen LogP contribution in [0.4, 0.5) is 0 Å². The molecular weight excluding hydrogens is 346 g/mol. The van der Waals surface area contributed by atoms with E-state index in [2.05, 4.69) is 108 Å². The van der Waals surface area contributed by atoms with Crippen molar-refractivity contribution in [2.24, 2.45) is 0 Å². The Hall–Kier alpha value is -2.03. The van der Waals surface area contributed by atoms with Crippen molar-refractivity contribution in [1.82, 2.24) is 5.32 Å². The van der Waals surface area contributed by atoms with E-state index in [1.54, 1.807) is 0 Å². The van der Waals surface area contributed by atoms with E-state index in [4.69, 9.17) is 0 Å². The molecule has 1 aliphatic heterocycles. The molecule has 0 aliphatic carbocycles. The summed E-state index contributed by atoms with van der Waals surface area (Å²) in [4.78, 5) is 0. The molecule has 1 fully saturated rings. The molecule has 0 amide bonds. The van der Waals surface area contributed by atoms with Crippen molar-refractivity contribution in [3.63, 3.8) is 0 Å². The van der Waals surface area contributed by atoms with E-state index in [0.29, 0.717) is 6.04 Å². The maximum atomic E-state index is 3.65. The average Bonchev–Trinajstić information content (AvgIpc) is 3.27. The summed E-state index contributed by atoms with van der Waals surface area (Å²) < 4.78 is -0.178. The summed E-state index contributed by atoms with van der Waals surface area (Å²) in [5, 5.41) is 3.65. The van der Waals surface area contributed by atoms with Crippen molar-refractivity contribution in [2.75, 3.05) is 12.3 Å². The molecule has 1 N–H and O–H groups in total. The Morgan fingerprint density at radius 3 is 1.63 bits per heavy atom. The highest BCUT2D eigenvalue weighted by molar-refractivity contribution is 8.00. The molecule has 1 aliphatic rings. The fraction of sp³-hybridized carbons (Fsp3) is 0.280. The monoisotopic (exact) mass is 373 g/mol. The maximum Gasteiger partial charge on any atom is 0.0906 e. The molecule has 3 aromatic rings. The lowest BCUT2D eigenvalue weighted by molar-refractivity contribution is 0.591. The topological polar surface area (TPSA) is 12.0 Å². The molecule has 1 saturated heterocycles. The average molecular weight is 374 g/mol. The Morgan fingerprint density at radius 1 is 0.741 bits per heavy atom. The summed E-state index contributed by atoms with van der Waals surface area (Å²) >= 11 is 2.08. The Kier molecular flexibility index (Phi) is 5.96. The lowest BCUT2D eigenvalue weighted by Crippen LogP contribution is -2.28. The van der Waals surface area contributed by atoms with Crippen LogP contribution >= 0.6 is 11.8 Å². The summed E-state index contributed by atoms with van der Waals surface area (Å²) in [5.74, 6) is 1.14. The summed E-state index contributed by atoms with van der Waals surface area (Å²) in [6.45, 7) is 1.18. The van der Waals surface area contributed by atoms with E-state index in [9.17, 15) is 0 Å². The molecule has 0 radical (unpaired) electrons. The van der Waals surface area contributed by atoms with Gasteiger partial charge < -0.3 is 5.32 Å². The van der Waals surface area contributed by atoms with Crippen molar-refractivity contribution >= 4 is 11.8 Å². The zero-order valence-corrected chi connectivity index (χ0v) is 16.5. The summed E-state index contributed by atoms with van der Waals surface area (Å²) in [5.41, 5.74) is 4.06. The highest BCUT2D eigenvalue weighted by atomic mass is 32.2. The van der Waals surface area contributed by atoms with Gasteiger partial charge >= 0.3 is 0 Å². The van der Waals surface area contributed by atoms with E-state index in [1.165, 1.54) is 42.5 Å². The van der Waals surface area contributed by atoms with Gasteiger partial charge in [0.15, 0.2) is 0 Å². The van der Waals surface area contributed by atoms with Crippen LogP contribution in [-0.4, -0.2) is 18.3 Å². The van der Waals surface area contributed by atoms with Gasteiger partial charge in [0.2, 0.25) is 0 Å². The minimum atomic E-state index is -0.178. The van der Waals surface area contributed by atoms with Crippen molar-refractivity contribution in [1.29, 1.82) is 0 Å². The Balaban J connectivity index is 1.76. The van der Waals surface area contributed by atoms with Crippen LogP contribution < -0.4 is 5.32 Å². The Labute approximate surface area is 167 Å². The first kappa shape index (κ1) is 18.3. The third-order valence-electron chi connectivity index (χ3n) is 5.49. The summed E-state index contributed by atoms with van der Waals surface area (Å²) in [6.07, 6.45) is 3.85. The molecular formula is C25H27NS. The SMILES string of the molecule is c1ccc(C(SCCC2CCCN2)(c2ccccc2)c2ccccc2)cc1. The molecule has 2 heteroatoms. The van der Waals surface area contributed by atoms with E-state index in [0.717, 1.165) is 5.75 Å². The van der Waals surface area contributed by atoms with Crippen LogP contribution in [0.25, 0.3) is 0 Å². The van der Waals surface area contributed by atoms with Crippen LogP contribution in [0.3, 0.4) is 0 Å². The zero-order chi connectivity index (χ0) is 18.4.